The molecule has 0 bridgehead atoms. The molecule has 1 aliphatic rings. The van der Waals surface area contributed by atoms with E-state index in [0.29, 0.717) is 0 Å². The second-order valence-corrected chi connectivity index (χ2v) is 2.45. The number of allylic oxidation sites excluding steroid dienone is 5. The summed E-state index contributed by atoms with van der Waals surface area (Å²) in [6, 6.07) is 0. The molecule has 10 heavy (non-hydrogen) atoms. The van der Waals surface area contributed by atoms with Crippen molar-refractivity contribution in [1.29, 1.82) is 0 Å². The van der Waals surface area contributed by atoms with Crippen LogP contribution in [0.4, 0.5) is 0 Å². The van der Waals surface area contributed by atoms with Crippen molar-refractivity contribution in [2.24, 2.45) is 0 Å². The number of hydrogen-bond acceptors (Lipinski definition) is 0. The third kappa shape index (κ3) is 3.85. The molecule has 0 aromatic carbocycles. The maximum absolute atomic E-state index is 3.77. The van der Waals surface area contributed by atoms with E-state index in [-0.39, 0.29) is 36.5 Å². The van der Waals surface area contributed by atoms with Gasteiger partial charge < -0.3 is 17.0 Å². The van der Waals surface area contributed by atoms with Crippen LogP contribution in [0, 0.1) is 6.42 Å². The second kappa shape index (κ2) is 6.51. The van der Waals surface area contributed by atoms with Gasteiger partial charge in [0.2, 0.25) is 0 Å². The molecular formula is C7H6Br2Zn-. The zero-order chi connectivity index (χ0) is 5.98. The Kier molecular flexibility index (Phi) is 8.72. The van der Waals surface area contributed by atoms with Crippen LogP contribution < -0.4 is 17.0 Å². The fourth-order valence-corrected chi connectivity index (χ4v) is 0.783. The molecule has 0 spiro atoms. The molecule has 3 heteroatoms. The topological polar surface area (TPSA) is 0 Å². The summed E-state index contributed by atoms with van der Waals surface area (Å²) in [6.45, 7) is 3.77. The summed E-state index contributed by atoms with van der Waals surface area (Å²) in [5.74, 6) is 0. The summed E-state index contributed by atoms with van der Waals surface area (Å²) in [5.41, 5.74) is 1.03. The zero-order valence-electron chi connectivity index (χ0n) is 5.48. The Morgan fingerprint density at radius 3 is 2.20 bits per heavy atom. The molecule has 0 unspecified atom stereocenters. The molecule has 0 fully saturated rings. The van der Waals surface area contributed by atoms with Gasteiger partial charge in [0.1, 0.15) is 0 Å². The van der Waals surface area contributed by atoms with E-state index < -0.39 is 0 Å². The summed E-state index contributed by atoms with van der Waals surface area (Å²) in [5, 5.41) is 0. The molecule has 0 N–H and O–H groups in total. The number of rotatable bonds is 0. The predicted molar refractivity (Wildman–Crippen MR) is 39.6 cm³/mol. The zero-order valence-corrected chi connectivity index (χ0v) is 11.6. The van der Waals surface area contributed by atoms with Crippen molar-refractivity contribution in [3.8, 4) is 0 Å². The molecular weight excluding hydrogens is 309 g/mol. The summed E-state index contributed by atoms with van der Waals surface area (Å²) in [6.07, 6.45) is 7.87. The van der Waals surface area contributed by atoms with Crippen molar-refractivity contribution in [2.75, 3.05) is 0 Å². The smallest absolute Gasteiger partial charge is 0.0207 e. The van der Waals surface area contributed by atoms with E-state index in [4.69, 9.17) is 0 Å². The van der Waals surface area contributed by atoms with E-state index in [1.807, 2.05) is 24.6 Å². The largest absolute Gasteiger partial charge is 1.00 e. The summed E-state index contributed by atoms with van der Waals surface area (Å²) in [4.78, 5) is 0. The quantitative estimate of drug-likeness (QED) is 0.534. The maximum Gasteiger partial charge on any atom is 0.0207 e. The van der Waals surface area contributed by atoms with Crippen LogP contribution in [0.3, 0.4) is 0 Å². The van der Waals surface area contributed by atoms with E-state index >= 15 is 0 Å². The van der Waals surface area contributed by atoms with E-state index in [2.05, 4.69) is 22.5 Å². The van der Waals surface area contributed by atoms with Crippen molar-refractivity contribution < 1.29 is 36.5 Å². The van der Waals surface area contributed by atoms with Gasteiger partial charge in [-0.15, -0.1) is 0 Å². The Hall–Kier alpha value is 0.803. The van der Waals surface area contributed by atoms with Gasteiger partial charge in [0, 0.05) is 30.4 Å². The van der Waals surface area contributed by atoms with Gasteiger partial charge in [0.05, 0.1) is 0 Å². The monoisotopic (exact) mass is 312 g/mol. The fraction of sp³-hybridized carbons (Fsp3) is 0. The van der Waals surface area contributed by atoms with E-state index in [1.54, 1.807) is 0 Å². The van der Waals surface area contributed by atoms with Gasteiger partial charge >= 0.3 is 0 Å². The number of halogens is 2. The Labute approximate surface area is 93.1 Å². The molecule has 0 saturated heterocycles. The summed E-state index contributed by atoms with van der Waals surface area (Å²) in [7, 11) is 0. The summed E-state index contributed by atoms with van der Waals surface area (Å²) < 4.78 is 1.07. The molecule has 0 aromatic heterocycles. The molecule has 0 heterocycles. The van der Waals surface area contributed by atoms with E-state index in [9.17, 15) is 0 Å². The van der Waals surface area contributed by atoms with Crippen molar-refractivity contribution in [3.05, 3.63) is 41.3 Å². The SMILES string of the molecule is C=C1[CH]C=CC=C1Br.[Br-].[Zn]. The van der Waals surface area contributed by atoms with Crippen LogP contribution >= 0.6 is 15.9 Å². The number of hydrogen-bond donors (Lipinski definition) is 0. The van der Waals surface area contributed by atoms with Crippen molar-refractivity contribution in [2.45, 2.75) is 0 Å². The maximum atomic E-state index is 3.77. The predicted octanol–water partition coefficient (Wildman–Crippen LogP) is -0.403. The second-order valence-electron chi connectivity index (χ2n) is 1.59. The van der Waals surface area contributed by atoms with Crippen molar-refractivity contribution >= 4 is 15.9 Å². The van der Waals surface area contributed by atoms with E-state index in [0.717, 1.165) is 10.1 Å². The third-order valence-corrected chi connectivity index (χ3v) is 1.73. The molecule has 0 aliphatic heterocycles. The van der Waals surface area contributed by atoms with Crippen molar-refractivity contribution in [1.82, 2.24) is 0 Å². The first kappa shape index (κ1) is 13.4. The van der Waals surface area contributed by atoms with E-state index in [1.165, 1.54) is 0 Å². The minimum Gasteiger partial charge on any atom is -1.00 e. The van der Waals surface area contributed by atoms with Crippen LogP contribution in [-0.2, 0) is 19.5 Å². The average Bonchev–Trinajstić information content (AvgIpc) is 1.77. The van der Waals surface area contributed by atoms with Crippen LogP contribution in [0.1, 0.15) is 0 Å². The Bertz CT molecular complexity index is 170. The van der Waals surface area contributed by atoms with Crippen LogP contribution in [0.25, 0.3) is 0 Å². The Morgan fingerprint density at radius 1 is 1.30 bits per heavy atom. The molecule has 1 rings (SSSR count). The Morgan fingerprint density at radius 2 is 1.90 bits per heavy atom. The van der Waals surface area contributed by atoms with Gasteiger partial charge in [-0.2, -0.15) is 0 Å². The standard InChI is InChI=1S/C7H6Br.BrH.Zn/c1-6-4-2-3-5-7(6)8;;/h2-5H,1H2;1H;/p-1. The Balaban J connectivity index is 0. The minimum absolute atomic E-state index is 0. The van der Waals surface area contributed by atoms with Gasteiger partial charge in [-0.25, -0.2) is 0 Å². The average molecular weight is 315 g/mol. The first-order chi connectivity index (χ1) is 3.80. The van der Waals surface area contributed by atoms with Crippen molar-refractivity contribution in [3.63, 3.8) is 0 Å². The molecule has 0 saturated carbocycles. The van der Waals surface area contributed by atoms with Gasteiger partial charge in [0.25, 0.3) is 0 Å². The summed E-state index contributed by atoms with van der Waals surface area (Å²) >= 11 is 3.33. The molecule has 1 aliphatic carbocycles. The molecule has 1 radical (unpaired) electrons. The third-order valence-electron chi connectivity index (χ3n) is 0.958. The fourth-order valence-electron chi connectivity index (χ4n) is 0.498. The van der Waals surface area contributed by atoms with Crippen LogP contribution in [0.5, 0.6) is 0 Å². The molecule has 51 valence electrons. The van der Waals surface area contributed by atoms with Crippen LogP contribution in [0.15, 0.2) is 34.9 Å². The van der Waals surface area contributed by atoms with Crippen LogP contribution in [-0.4, -0.2) is 0 Å². The minimum atomic E-state index is 0. The normalized spacial score (nSPS) is 14.9. The first-order valence-electron chi connectivity index (χ1n) is 2.37. The first-order valence-corrected chi connectivity index (χ1v) is 3.16. The molecule has 0 nitrogen and oxygen atoms in total. The molecule has 0 aromatic rings. The van der Waals surface area contributed by atoms with Gasteiger partial charge in [-0.05, 0) is 11.6 Å². The van der Waals surface area contributed by atoms with Gasteiger partial charge in [-0.1, -0.05) is 34.7 Å². The van der Waals surface area contributed by atoms with Gasteiger partial charge in [0.15, 0.2) is 0 Å². The molecule has 0 atom stereocenters. The van der Waals surface area contributed by atoms with Crippen LogP contribution in [0.2, 0.25) is 0 Å². The van der Waals surface area contributed by atoms with Gasteiger partial charge in [-0.3, -0.25) is 0 Å². The molecule has 0 amide bonds.